The first-order valence-corrected chi connectivity index (χ1v) is 8.89. The van der Waals surface area contributed by atoms with E-state index in [0.29, 0.717) is 19.5 Å². The molecule has 0 unspecified atom stereocenters. The molecule has 0 aliphatic carbocycles. The van der Waals surface area contributed by atoms with Gasteiger partial charge in [0.25, 0.3) is 0 Å². The molecule has 1 aliphatic rings. The van der Waals surface area contributed by atoms with Gasteiger partial charge in [0.1, 0.15) is 6.61 Å². The van der Waals surface area contributed by atoms with E-state index < -0.39 is 16.0 Å². The number of amides is 1. The fourth-order valence-electron chi connectivity index (χ4n) is 2.21. The first-order chi connectivity index (χ1) is 10.8. The van der Waals surface area contributed by atoms with E-state index >= 15 is 0 Å². The van der Waals surface area contributed by atoms with Gasteiger partial charge in [0, 0.05) is 13.0 Å². The van der Waals surface area contributed by atoms with Crippen LogP contribution in [0.15, 0.2) is 23.1 Å². The second-order valence-corrected chi connectivity index (χ2v) is 7.26. The zero-order chi connectivity index (χ0) is 17.0. The predicted molar refractivity (Wildman–Crippen MR) is 83.8 cm³/mol. The van der Waals surface area contributed by atoms with Gasteiger partial charge >= 0.3 is 5.97 Å². The fourth-order valence-corrected chi connectivity index (χ4v) is 3.16. The number of halogens is 1. The Morgan fingerprint density at radius 3 is 2.78 bits per heavy atom. The molecule has 0 atom stereocenters. The lowest BCUT2D eigenvalue weighted by molar-refractivity contribution is -0.128. The van der Waals surface area contributed by atoms with Crippen molar-refractivity contribution in [2.45, 2.75) is 17.7 Å². The molecule has 1 aliphatic heterocycles. The lowest BCUT2D eigenvalue weighted by atomic mass is 10.2. The molecule has 1 heterocycles. The van der Waals surface area contributed by atoms with Crippen molar-refractivity contribution in [3.05, 3.63) is 28.8 Å². The summed E-state index contributed by atoms with van der Waals surface area (Å²) in [4.78, 5) is 25.1. The van der Waals surface area contributed by atoms with Crippen LogP contribution in [0.2, 0.25) is 5.02 Å². The summed E-state index contributed by atoms with van der Waals surface area (Å²) >= 11 is 5.93. The first kappa shape index (κ1) is 17.7. The summed E-state index contributed by atoms with van der Waals surface area (Å²) in [6.07, 6.45) is 1.33. The number of carbonyl (C=O) groups is 2. The van der Waals surface area contributed by atoms with Gasteiger partial charge in [-0.05, 0) is 31.7 Å². The number of nitrogens with zero attached hydrogens (tertiary/aromatic N) is 1. The van der Waals surface area contributed by atoms with Crippen LogP contribution >= 0.6 is 11.6 Å². The summed E-state index contributed by atoms with van der Waals surface area (Å²) < 4.78 is 30.8. The molecular formula is C14H17ClN2O5S. The van der Waals surface area contributed by atoms with Crippen LogP contribution < -0.4 is 4.72 Å². The molecule has 1 N–H and O–H groups in total. The summed E-state index contributed by atoms with van der Waals surface area (Å²) in [6.45, 7) is 1.01. The van der Waals surface area contributed by atoms with Gasteiger partial charge < -0.3 is 9.64 Å². The molecule has 1 aromatic rings. The van der Waals surface area contributed by atoms with Crippen molar-refractivity contribution < 1.29 is 22.7 Å². The summed E-state index contributed by atoms with van der Waals surface area (Å²) in [7, 11) is -2.41. The maximum atomic E-state index is 12.1. The Bertz CT molecular complexity index is 720. The van der Waals surface area contributed by atoms with E-state index in [1.807, 2.05) is 0 Å². The van der Waals surface area contributed by atoms with E-state index in [9.17, 15) is 18.0 Å². The van der Waals surface area contributed by atoms with Crippen LogP contribution in [0.5, 0.6) is 0 Å². The molecule has 126 valence electrons. The number of rotatable bonds is 6. The number of ether oxygens (including phenoxy) is 1. The summed E-state index contributed by atoms with van der Waals surface area (Å²) in [5.41, 5.74) is -0.0317. The molecule has 0 saturated carbocycles. The number of sulfonamides is 1. The van der Waals surface area contributed by atoms with Gasteiger partial charge in [0.15, 0.2) is 0 Å². The fraction of sp³-hybridized carbons (Fsp3) is 0.429. The van der Waals surface area contributed by atoms with Crippen LogP contribution in [-0.2, 0) is 19.6 Å². The third-order valence-corrected chi connectivity index (χ3v) is 5.24. The highest BCUT2D eigenvalue weighted by atomic mass is 35.5. The minimum absolute atomic E-state index is 0.0317. The van der Waals surface area contributed by atoms with Crippen molar-refractivity contribution in [1.29, 1.82) is 0 Å². The van der Waals surface area contributed by atoms with Crippen molar-refractivity contribution >= 4 is 33.5 Å². The van der Waals surface area contributed by atoms with Gasteiger partial charge in [0.05, 0.1) is 22.0 Å². The van der Waals surface area contributed by atoms with Gasteiger partial charge in [0.2, 0.25) is 15.9 Å². The van der Waals surface area contributed by atoms with E-state index in [-0.39, 0.29) is 28.0 Å². The van der Waals surface area contributed by atoms with E-state index in [0.717, 1.165) is 12.5 Å². The molecule has 7 nitrogen and oxygen atoms in total. The van der Waals surface area contributed by atoms with Crippen LogP contribution in [0.4, 0.5) is 0 Å². The molecule has 9 heteroatoms. The zero-order valence-electron chi connectivity index (χ0n) is 12.5. The second-order valence-electron chi connectivity index (χ2n) is 4.97. The topological polar surface area (TPSA) is 92.8 Å². The zero-order valence-corrected chi connectivity index (χ0v) is 14.1. The number of carbonyl (C=O) groups excluding carboxylic acids is 2. The molecule has 1 aromatic carbocycles. The van der Waals surface area contributed by atoms with Crippen molar-refractivity contribution in [3.8, 4) is 0 Å². The largest absolute Gasteiger partial charge is 0.460 e. The number of esters is 1. The lowest BCUT2D eigenvalue weighted by Gasteiger charge is -2.15. The highest BCUT2D eigenvalue weighted by Gasteiger charge is 2.21. The molecular weight excluding hydrogens is 344 g/mol. The smallest absolute Gasteiger partial charge is 0.339 e. The number of nitrogens with one attached hydrogen (secondary N) is 1. The average Bonchev–Trinajstić information content (AvgIpc) is 2.92. The summed E-state index contributed by atoms with van der Waals surface area (Å²) in [6, 6.07) is 3.79. The predicted octanol–water partition coefficient (Wildman–Crippen LogP) is 1.03. The SMILES string of the molecule is CNS(=O)(=O)c1ccc(Cl)c(C(=O)OCCN2CCCC2=O)c1. The van der Waals surface area contributed by atoms with Crippen molar-refractivity contribution in [3.63, 3.8) is 0 Å². The number of hydrogen-bond donors (Lipinski definition) is 1. The first-order valence-electron chi connectivity index (χ1n) is 7.03. The minimum Gasteiger partial charge on any atom is -0.460 e. The molecule has 1 amide bonds. The van der Waals surface area contributed by atoms with Crippen LogP contribution in [0.1, 0.15) is 23.2 Å². The second kappa shape index (κ2) is 7.29. The van der Waals surface area contributed by atoms with Gasteiger partial charge in [-0.1, -0.05) is 11.6 Å². The van der Waals surface area contributed by atoms with E-state index in [1.165, 1.54) is 19.2 Å². The van der Waals surface area contributed by atoms with Gasteiger partial charge in [-0.2, -0.15) is 0 Å². The molecule has 0 radical (unpaired) electrons. The maximum absolute atomic E-state index is 12.1. The molecule has 2 rings (SSSR count). The van der Waals surface area contributed by atoms with E-state index in [4.69, 9.17) is 16.3 Å². The number of benzene rings is 1. The van der Waals surface area contributed by atoms with Crippen molar-refractivity contribution in [2.75, 3.05) is 26.7 Å². The Morgan fingerprint density at radius 1 is 1.43 bits per heavy atom. The Morgan fingerprint density at radius 2 is 2.17 bits per heavy atom. The van der Waals surface area contributed by atoms with Crippen LogP contribution in [0.3, 0.4) is 0 Å². The molecule has 0 aromatic heterocycles. The quantitative estimate of drug-likeness (QED) is 0.765. The maximum Gasteiger partial charge on any atom is 0.339 e. The van der Waals surface area contributed by atoms with Crippen LogP contribution in [0.25, 0.3) is 0 Å². The minimum atomic E-state index is -3.68. The van der Waals surface area contributed by atoms with Crippen molar-refractivity contribution in [2.24, 2.45) is 0 Å². The molecule has 1 saturated heterocycles. The Balaban J connectivity index is 2.04. The summed E-state index contributed by atoms with van der Waals surface area (Å²) in [5, 5.41) is 0.0994. The highest BCUT2D eigenvalue weighted by molar-refractivity contribution is 7.89. The van der Waals surface area contributed by atoms with E-state index in [1.54, 1.807) is 4.90 Å². The van der Waals surface area contributed by atoms with Gasteiger partial charge in [-0.3, -0.25) is 4.79 Å². The Kier molecular flexibility index (Phi) is 5.61. The molecule has 23 heavy (non-hydrogen) atoms. The summed E-state index contributed by atoms with van der Waals surface area (Å²) in [5.74, 6) is -0.684. The molecule has 0 spiro atoms. The number of likely N-dealkylation sites (tertiary alicyclic amines) is 1. The van der Waals surface area contributed by atoms with E-state index in [2.05, 4.69) is 4.72 Å². The lowest BCUT2D eigenvalue weighted by Crippen LogP contribution is -2.29. The third-order valence-electron chi connectivity index (χ3n) is 3.50. The highest BCUT2D eigenvalue weighted by Crippen LogP contribution is 2.21. The molecule has 1 fully saturated rings. The standard InChI is InChI=1S/C14H17ClN2O5S/c1-16-23(20,21)10-4-5-12(15)11(9-10)14(19)22-8-7-17-6-2-3-13(17)18/h4-5,9,16H,2-3,6-8H2,1H3. The monoisotopic (exact) mass is 360 g/mol. The normalized spacial score (nSPS) is 15.0. The Labute approximate surface area is 139 Å². The van der Waals surface area contributed by atoms with Crippen LogP contribution in [0, 0.1) is 0 Å². The van der Waals surface area contributed by atoms with Gasteiger partial charge in [-0.15, -0.1) is 0 Å². The Hall–Kier alpha value is -1.64. The van der Waals surface area contributed by atoms with Crippen molar-refractivity contribution in [1.82, 2.24) is 9.62 Å². The number of hydrogen-bond acceptors (Lipinski definition) is 5. The van der Waals surface area contributed by atoms with Gasteiger partial charge in [-0.25, -0.2) is 17.9 Å². The third kappa shape index (κ3) is 4.21. The molecule has 0 bridgehead atoms. The average molecular weight is 361 g/mol. The van der Waals surface area contributed by atoms with Crippen LogP contribution in [-0.4, -0.2) is 51.9 Å².